The van der Waals surface area contributed by atoms with Crippen LogP contribution < -0.4 is 11.1 Å². The first-order valence-electron chi connectivity index (χ1n) is 6.09. The zero-order valence-corrected chi connectivity index (χ0v) is 11.6. The minimum absolute atomic E-state index is 0.169. The summed E-state index contributed by atoms with van der Waals surface area (Å²) in [5, 5.41) is 12.5. The van der Waals surface area contributed by atoms with E-state index in [1.807, 2.05) is 0 Å². The van der Waals surface area contributed by atoms with Crippen LogP contribution in [-0.4, -0.2) is 23.7 Å². The number of rotatable bonds is 3. The zero-order chi connectivity index (χ0) is 13.1. The summed E-state index contributed by atoms with van der Waals surface area (Å²) in [4.78, 5) is 12.0. The number of nitrogens with one attached hydrogen (secondary N) is 1. The SMILES string of the molecule is Nc1ccc(Br)cc1C(=O)NCC1CCCC1O. The number of halogens is 1. The second-order valence-corrected chi connectivity index (χ2v) is 5.62. The summed E-state index contributed by atoms with van der Waals surface area (Å²) in [7, 11) is 0. The molecule has 1 saturated carbocycles. The number of aliphatic hydroxyl groups excluding tert-OH is 1. The Hall–Kier alpha value is -1.07. The minimum atomic E-state index is -0.287. The Morgan fingerprint density at radius 1 is 1.50 bits per heavy atom. The van der Waals surface area contributed by atoms with Crippen molar-refractivity contribution in [3.8, 4) is 0 Å². The van der Waals surface area contributed by atoms with Gasteiger partial charge in [0.05, 0.1) is 11.7 Å². The van der Waals surface area contributed by atoms with E-state index < -0.39 is 0 Å². The number of benzene rings is 1. The summed E-state index contributed by atoms with van der Waals surface area (Å²) < 4.78 is 0.822. The van der Waals surface area contributed by atoms with Crippen LogP contribution in [0.2, 0.25) is 0 Å². The van der Waals surface area contributed by atoms with Crippen LogP contribution in [-0.2, 0) is 0 Å². The van der Waals surface area contributed by atoms with Crippen molar-refractivity contribution < 1.29 is 9.90 Å². The fourth-order valence-electron chi connectivity index (χ4n) is 2.30. The van der Waals surface area contributed by atoms with Crippen molar-refractivity contribution in [1.29, 1.82) is 0 Å². The molecular formula is C13H17BrN2O2. The van der Waals surface area contributed by atoms with E-state index in [1.165, 1.54) is 0 Å². The fourth-order valence-corrected chi connectivity index (χ4v) is 2.66. The smallest absolute Gasteiger partial charge is 0.253 e. The van der Waals surface area contributed by atoms with Gasteiger partial charge in [-0.2, -0.15) is 0 Å². The van der Waals surface area contributed by atoms with E-state index in [-0.39, 0.29) is 17.9 Å². The molecule has 2 rings (SSSR count). The van der Waals surface area contributed by atoms with Crippen molar-refractivity contribution in [3.63, 3.8) is 0 Å². The van der Waals surface area contributed by atoms with Gasteiger partial charge in [0.1, 0.15) is 0 Å². The van der Waals surface area contributed by atoms with Gasteiger partial charge in [0, 0.05) is 22.6 Å². The van der Waals surface area contributed by atoms with Crippen molar-refractivity contribution in [2.45, 2.75) is 25.4 Å². The maximum atomic E-state index is 12.0. The quantitative estimate of drug-likeness (QED) is 0.746. The van der Waals surface area contributed by atoms with Gasteiger partial charge < -0.3 is 16.2 Å². The van der Waals surface area contributed by atoms with Crippen LogP contribution in [0, 0.1) is 5.92 Å². The third kappa shape index (κ3) is 3.03. The molecule has 2 atom stereocenters. The Morgan fingerprint density at radius 3 is 2.94 bits per heavy atom. The van der Waals surface area contributed by atoms with Gasteiger partial charge >= 0.3 is 0 Å². The molecule has 1 aromatic rings. The lowest BCUT2D eigenvalue weighted by Crippen LogP contribution is -2.32. The van der Waals surface area contributed by atoms with E-state index in [4.69, 9.17) is 5.73 Å². The Balaban J connectivity index is 1.97. The lowest BCUT2D eigenvalue weighted by Gasteiger charge is -2.15. The van der Waals surface area contributed by atoms with Gasteiger partial charge in [-0.1, -0.05) is 22.4 Å². The summed E-state index contributed by atoms with van der Waals surface area (Å²) in [5.41, 5.74) is 6.70. The van der Waals surface area contributed by atoms with Crippen molar-refractivity contribution in [1.82, 2.24) is 5.32 Å². The highest BCUT2D eigenvalue weighted by Gasteiger charge is 2.25. The Kier molecular flexibility index (Phi) is 4.24. The van der Waals surface area contributed by atoms with Gasteiger partial charge in [-0.05, 0) is 31.0 Å². The highest BCUT2D eigenvalue weighted by Crippen LogP contribution is 2.25. The minimum Gasteiger partial charge on any atom is -0.398 e. The first kappa shape index (κ1) is 13.4. The van der Waals surface area contributed by atoms with Gasteiger partial charge in [0.25, 0.3) is 5.91 Å². The number of hydrogen-bond acceptors (Lipinski definition) is 3. The average molecular weight is 313 g/mol. The molecule has 4 nitrogen and oxygen atoms in total. The molecule has 0 radical (unpaired) electrons. The number of aliphatic hydroxyl groups is 1. The van der Waals surface area contributed by atoms with E-state index >= 15 is 0 Å². The largest absolute Gasteiger partial charge is 0.398 e. The molecule has 0 aliphatic heterocycles. The molecular weight excluding hydrogens is 296 g/mol. The molecule has 4 N–H and O–H groups in total. The van der Waals surface area contributed by atoms with E-state index in [1.54, 1.807) is 18.2 Å². The lowest BCUT2D eigenvalue weighted by atomic mass is 10.1. The molecule has 2 unspecified atom stereocenters. The molecule has 1 amide bonds. The maximum Gasteiger partial charge on any atom is 0.253 e. The van der Waals surface area contributed by atoms with E-state index in [2.05, 4.69) is 21.2 Å². The number of nitrogens with two attached hydrogens (primary N) is 1. The van der Waals surface area contributed by atoms with Crippen molar-refractivity contribution in [2.75, 3.05) is 12.3 Å². The van der Waals surface area contributed by atoms with Crippen LogP contribution in [0.3, 0.4) is 0 Å². The fraction of sp³-hybridized carbons (Fsp3) is 0.462. The standard InChI is InChI=1S/C13H17BrN2O2/c14-9-4-5-11(15)10(6-9)13(18)16-7-8-2-1-3-12(8)17/h4-6,8,12,17H,1-3,7,15H2,(H,16,18). The molecule has 0 saturated heterocycles. The van der Waals surface area contributed by atoms with Gasteiger partial charge in [-0.15, -0.1) is 0 Å². The summed E-state index contributed by atoms with van der Waals surface area (Å²) in [6.07, 6.45) is 2.54. The molecule has 18 heavy (non-hydrogen) atoms. The molecule has 5 heteroatoms. The van der Waals surface area contributed by atoms with Crippen LogP contribution in [0.25, 0.3) is 0 Å². The Morgan fingerprint density at radius 2 is 2.28 bits per heavy atom. The molecule has 98 valence electrons. The number of amides is 1. The second kappa shape index (κ2) is 5.71. The van der Waals surface area contributed by atoms with Crippen LogP contribution in [0.4, 0.5) is 5.69 Å². The molecule has 1 aromatic carbocycles. The second-order valence-electron chi connectivity index (χ2n) is 4.70. The van der Waals surface area contributed by atoms with Crippen LogP contribution >= 0.6 is 15.9 Å². The van der Waals surface area contributed by atoms with Gasteiger partial charge in [-0.25, -0.2) is 0 Å². The first-order chi connectivity index (χ1) is 8.58. The molecule has 1 aliphatic rings. The van der Waals surface area contributed by atoms with Crippen molar-refractivity contribution in [3.05, 3.63) is 28.2 Å². The number of nitrogen functional groups attached to an aromatic ring is 1. The van der Waals surface area contributed by atoms with Gasteiger partial charge in [0.15, 0.2) is 0 Å². The number of hydrogen-bond donors (Lipinski definition) is 3. The van der Waals surface area contributed by atoms with Crippen molar-refractivity contribution in [2.24, 2.45) is 5.92 Å². The van der Waals surface area contributed by atoms with E-state index in [9.17, 15) is 9.90 Å². The maximum absolute atomic E-state index is 12.0. The first-order valence-corrected chi connectivity index (χ1v) is 6.88. The lowest BCUT2D eigenvalue weighted by molar-refractivity contribution is 0.0917. The van der Waals surface area contributed by atoms with Gasteiger partial charge in [-0.3, -0.25) is 4.79 Å². The summed E-state index contributed by atoms with van der Waals surface area (Å²) >= 11 is 3.32. The normalized spacial score (nSPS) is 23.0. The Labute approximate surface area is 115 Å². The number of carbonyl (C=O) groups is 1. The van der Waals surface area contributed by atoms with Crippen molar-refractivity contribution >= 4 is 27.5 Å². The third-order valence-electron chi connectivity index (χ3n) is 3.40. The predicted molar refractivity (Wildman–Crippen MR) is 74.2 cm³/mol. The molecule has 1 aliphatic carbocycles. The Bertz CT molecular complexity index is 451. The molecule has 0 aromatic heterocycles. The molecule has 1 fully saturated rings. The number of anilines is 1. The van der Waals surface area contributed by atoms with Gasteiger partial charge in [0.2, 0.25) is 0 Å². The molecule has 0 heterocycles. The van der Waals surface area contributed by atoms with Crippen LogP contribution in [0.15, 0.2) is 22.7 Å². The topological polar surface area (TPSA) is 75.4 Å². The zero-order valence-electron chi connectivity index (χ0n) is 10.0. The average Bonchev–Trinajstić information content (AvgIpc) is 2.75. The summed E-state index contributed by atoms with van der Waals surface area (Å²) in [5.74, 6) is -0.0183. The third-order valence-corrected chi connectivity index (χ3v) is 3.90. The van der Waals surface area contributed by atoms with Crippen LogP contribution in [0.5, 0.6) is 0 Å². The molecule has 0 bridgehead atoms. The summed E-state index contributed by atoms with van der Waals surface area (Å²) in [6.45, 7) is 0.506. The predicted octanol–water partition coefficient (Wildman–Crippen LogP) is 1.92. The highest BCUT2D eigenvalue weighted by molar-refractivity contribution is 9.10. The summed E-state index contributed by atoms with van der Waals surface area (Å²) in [6, 6.07) is 5.20. The number of carbonyl (C=O) groups excluding carboxylic acids is 1. The molecule has 0 spiro atoms. The monoisotopic (exact) mass is 312 g/mol. The van der Waals surface area contributed by atoms with E-state index in [0.29, 0.717) is 17.8 Å². The highest BCUT2D eigenvalue weighted by atomic mass is 79.9. The van der Waals surface area contributed by atoms with Crippen LogP contribution in [0.1, 0.15) is 29.6 Å². The van der Waals surface area contributed by atoms with E-state index in [0.717, 1.165) is 23.7 Å².